The zero-order valence-electron chi connectivity index (χ0n) is 7.34. The monoisotopic (exact) mass is 190 g/mol. The van der Waals surface area contributed by atoms with Crippen molar-refractivity contribution >= 4 is 11.8 Å². The summed E-state index contributed by atoms with van der Waals surface area (Å²) in [7, 11) is 0. The normalized spacial score (nSPS) is 10.2. The highest BCUT2D eigenvalue weighted by atomic mass is 32.2. The van der Waals surface area contributed by atoms with Gasteiger partial charge in [0, 0.05) is 17.3 Å². The molecule has 0 fully saturated rings. The van der Waals surface area contributed by atoms with Gasteiger partial charge in [-0.15, -0.1) is 11.8 Å². The molecule has 2 nitrogen and oxygen atoms in total. The van der Waals surface area contributed by atoms with Gasteiger partial charge in [-0.2, -0.15) is 5.10 Å². The van der Waals surface area contributed by atoms with Crippen molar-refractivity contribution in [1.29, 1.82) is 0 Å². The summed E-state index contributed by atoms with van der Waals surface area (Å²) in [6.45, 7) is 0. The van der Waals surface area contributed by atoms with Gasteiger partial charge in [-0.3, -0.25) is 0 Å². The van der Waals surface area contributed by atoms with Gasteiger partial charge in [0.15, 0.2) is 0 Å². The molecule has 0 amide bonds. The maximum absolute atomic E-state index is 4.15. The van der Waals surface area contributed by atoms with Crippen LogP contribution in [0.3, 0.4) is 0 Å². The predicted octanol–water partition coefficient (Wildman–Crippen LogP) is 2.59. The average molecular weight is 190 g/mol. The van der Waals surface area contributed by atoms with E-state index in [4.69, 9.17) is 0 Å². The molecule has 1 aromatic carbocycles. The van der Waals surface area contributed by atoms with Gasteiger partial charge in [-0.1, -0.05) is 0 Å². The third kappa shape index (κ3) is 1.75. The van der Waals surface area contributed by atoms with Crippen LogP contribution in [0.15, 0.2) is 47.6 Å². The fraction of sp³-hybridized carbons (Fsp3) is 0.100. The molecule has 0 saturated carbocycles. The predicted molar refractivity (Wildman–Crippen MR) is 55.3 cm³/mol. The number of benzene rings is 1. The second-order valence-corrected chi connectivity index (χ2v) is 3.53. The Kier molecular flexibility index (Phi) is 2.36. The van der Waals surface area contributed by atoms with E-state index in [1.54, 1.807) is 18.0 Å². The van der Waals surface area contributed by atoms with E-state index in [2.05, 4.69) is 35.6 Å². The van der Waals surface area contributed by atoms with E-state index in [0.29, 0.717) is 0 Å². The van der Waals surface area contributed by atoms with Crippen LogP contribution in [0.4, 0.5) is 0 Å². The summed E-state index contributed by atoms with van der Waals surface area (Å²) in [4.78, 5) is 1.27. The molecule has 0 N–H and O–H groups in total. The SMILES string of the molecule is CSc1ccc(-n2cccn2)cc1. The smallest absolute Gasteiger partial charge is 0.0646 e. The summed E-state index contributed by atoms with van der Waals surface area (Å²) in [5.74, 6) is 0. The Bertz CT molecular complexity index is 364. The molecule has 2 rings (SSSR count). The molecule has 0 radical (unpaired) electrons. The maximum Gasteiger partial charge on any atom is 0.0646 e. The molecule has 3 heteroatoms. The highest BCUT2D eigenvalue weighted by Crippen LogP contribution is 2.16. The Morgan fingerprint density at radius 3 is 2.54 bits per heavy atom. The fourth-order valence-electron chi connectivity index (χ4n) is 1.16. The molecule has 0 atom stereocenters. The molecular formula is C10H10N2S. The standard InChI is InChI=1S/C10H10N2S/c1-13-10-5-3-9(4-6-10)12-8-2-7-11-12/h2-8H,1H3. The number of aromatic nitrogens is 2. The van der Waals surface area contributed by atoms with Crippen molar-refractivity contribution in [2.45, 2.75) is 4.90 Å². The minimum Gasteiger partial charge on any atom is -0.241 e. The van der Waals surface area contributed by atoms with Crippen LogP contribution in [0.2, 0.25) is 0 Å². The van der Waals surface area contributed by atoms with E-state index in [1.165, 1.54) is 4.90 Å². The van der Waals surface area contributed by atoms with Crippen LogP contribution < -0.4 is 0 Å². The molecule has 0 aliphatic carbocycles. The highest BCUT2D eigenvalue weighted by molar-refractivity contribution is 7.98. The molecule has 13 heavy (non-hydrogen) atoms. The Labute approximate surface area is 81.6 Å². The van der Waals surface area contributed by atoms with Crippen molar-refractivity contribution in [3.63, 3.8) is 0 Å². The first kappa shape index (κ1) is 8.38. The summed E-state index contributed by atoms with van der Waals surface area (Å²) in [6.07, 6.45) is 5.79. The first-order valence-corrected chi connectivity index (χ1v) is 5.27. The summed E-state index contributed by atoms with van der Waals surface area (Å²) in [5, 5.41) is 4.15. The van der Waals surface area contributed by atoms with Gasteiger partial charge in [-0.05, 0) is 36.6 Å². The Morgan fingerprint density at radius 2 is 2.00 bits per heavy atom. The first-order chi connectivity index (χ1) is 6.40. The lowest BCUT2D eigenvalue weighted by Gasteiger charge is -2.01. The molecule has 2 aromatic rings. The summed E-state index contributed by atoms with van der Waals surface area (Å²) < 4.78 is 1.85. The van der Waals surface area contributed by atoms with Crippen molar-refractivity contribution in [3.8, 4) is 5.69 Å². The highest BCUT2D eigenvalue weighted by Gasteiger charge is 1.94. The van der Waals surface area contributed by atoms with Gasteiger partial charge >= 0.3 is 0 Å². The lowest BCUT2D eigenvalue weighted by Crippen LogP contribution is -1.92. The number of hydrogen-bond acceptors (Lipinski definition) is 2. The van der Waals surface area contributed by atoms with Gasteiger partial charge in [-0.25, -0.2) is 4.68 Å². The molecule has 1 heterocycles. The van der Waals surface area contributed by atoms with Gasteiger partial charge < -0.3 is 0 Å². The second-order valence-electron chi connectivity index (χ2n) is 2.65. The van der Waals surface area contributed by atoms with E-state index in [-0.39, 0.29) is 0 Å². The van der Waals surface area contributed by atoms with Crippen LogP contribution in [-0.2, 0) is 0 Å². The van der Waals surface area contributed by atoms with Gasteiger partial charge in [0.1, 0.15) is 0 Å². The van der Waals surface area contributed by atoms with E-state index in [1.807, 2.05) is 16.9 Å². The van der Waals surface area contributed by atoms with Crippen molar-refractivity contribution in [3.05, 3.63) is 42.7 Å². The van der Waals surface area contributed by atoms with E-state index in [9.17, 15) is 0 Å². The van der Waals surface area contributed by atoms with Gasteiger partial charge in [0.25, 0.3) is 0 Å². The quantitative estimate of drug-likeness (QED) is 0.677. The number of rotatable bonds is 2. The van der Waals surface area contributed by atoms with Crippen molar-refractivity contribution in [2.24, 2.45) is 0 Å². The van der Waals surface area contributed by atoms with Crippen molar-refractivity contribution in [1.82, 2.24) is 9.78 Å². The molecule has 0 saturated heterocycles. The van der Waals surface area contributed by atoms with Crippen molar-refractivity contribution in [2.75, 3.05) is 6.26 Å². The minimum atomic E-state index is 1.10. The largest absolute Gasteiger partial charge is 0.241 e. The Hall–Kier alpha value is -1.22. The molecule has 0 aliphatic heterocycles. The fourth-order valence-corrected chi connectivity index (χ4v) is 1.56. The molecule has 66 valence electrons. The molecule has 1 aromatic heterocycles. The summed E-state index contributed by atoms with van der Waals surface area (Å²) in [6, 6.07) is 10.3. The number of nitrogens with zero attached hydrogens (tertiary/aromatic N) is 2. The van der Waals surface area contributed by atoms with Crippen LogP contribution in [0.1, 0.15) is 0 Å². The lowest BCUT2D eigenvalue weighted by molar-refractivity contribution is 0.879. The number of thioether (sulfide) groups is 1. The zero-order valence-corrected chi connectivity index (χ0v) is 8.16. The molecule has 0 bridgehead atoms. The average Bonchev–Trinajstić information content (AvgIpc) is 2.71. The molecule has 0 spiro atoms. The van der Waals surface area contributed by atoms with Crippen LogP contribution in [0.25, 0.3) is 5.69 Å². The third-order valence-corrected chi connectivity index (χ3v) is 2.58. The van der Waals surface area contributed by atoms with E-state index < -0.39 is 0 Å². The first-order valence-electron chi connectivity index (χ1n) is 4.04. The Balaban J connectivity index is 2.33. The zero-order chi connectivity index (χ0) is 9.10. The maximum atomic E-state index is 4.15. The Morgan fingerprint density at radius 1 is 1.23 bits per heavy atom. The lowest BCUT2D eigenvalue weighted by atomic mass is 10.3. The summed E-state index contributed by atoms with van der Waals surface area (Å²) in [5.41, 5.74) is 1.10. The van der Waals surface area contributed by atoms with Gasteiger partial charge in [0.05, 0.1) is 5.69 Å². The third-order valence-electron chi connectivity index (χ3n) is 1.84. The van der Waals surface area contributed by atoms with Crippen LogP contribution in [0.5, 0.6) is 0 Å². The van der Waals surface area contributed by atoms with E-state index >= 15 is 0 Å². The molecular weight excluding hydrogens is 180 g/mol. The molecule has 0 aliphatic rings. The molecule has 0 unspecified atom stereocenters. The topological polar surface area (TPSA) is 17.8 Å². The van der Waals surface area contributed by atoms with Crippen LogP contribution in [-0.4, -0.2) is 16.0 Å². The minimum absolute atomic E-state index is 1.10. The van der Waals surface area contributed by atoms with Crippen LogP contribution in [0, 0.1) is 0 Å². The van der Waals surface area contributed by atoms with Crippen molar-refractivity contribution < 1.29 is 0 Å². The number of hydrogen-bond donors (Lipinski definition) is 0. The summed E-state index contributed by atoms with van der Waals surface area (Å²) >= 11 is 1.75. The van der Waals surface area contributed by atoms with Crippen LogP contribution >= 0.6 is 11.8 Å². The van der Waals surface area contributed by atoms with Gasteiger partial charge in [0.2, 0.25) is 0 Å². The second kappa shape index (κ2) is 3.66. The van der Waals surface area contributed by atoms with E-state index in [0.717, 1.165) is 5.69 Å².